The van der Waals surface area contributed by atoms with Crippen molar-refractivity contribution in [2.75, 3.05) is 26.7 Å². The van der Waals surface area contributed by atoms with Crippen LogP contribution in [0.25, 0.3) is 0 Å². The predicted octanol–water partition coefficient (Wildman–Crippen LogP) is 3.29. The van der Waals surface area contributed by atoms with Crippen LogP contribution >= 0.6 is 0 Å². The highest BCUT2D eigenvalue weighted by molar-refractivity contribution is 7.89. The normalized spacial score (nSPS) is 17.2. The SMILES string of the molecule is CCCCCCCCCN1CCC[C@@H]1CNC(=O)c1cc(S(N)(=O)=O)ccc1OC. The maximum absolute atomic E-state index is 12.7. The highest BCUT2D eigenvalue weighted by Gasteiger charge is 2.25. The molecule has 8 heteroatoms. The molecule has 1 aliphatic heterocycles. The van der Waals surface area contributed by atoms with Crippen LogP contribution in [0.15, 0.2) is 23.1 Å². The van der Waals surface area contributed by atoms with Gasteiger partial charge in [0.05, 0.1) is 17.6 Å². The standard InChI is InChI=1S/C22H37N3O4S/c1-3-4-5-6-7-8-9-14-25-15-10-11-18(25)17-24-22(26)20-16-19(30(23,27)28)12-13-21(20)29-2/h12-13,16,18H,3-11,14-15,17H2,1-2H3,(H,24,26)(H2,23,27,28)/t18-/m1/s1. The van der Waals surface area contributed by atoms with Crippen LogP contribution in [0.3, 0.4) is 0 Å². The van der Waals surface area contributed by atoms with Gasteiger partial charge >= 0.3 is 0 Å². The smallest absolute Gasteiger partial charge is 0.255 e. The number of methoxy groups -OCH3 is 1. The number of carbonyl (C=O) groups excluding carboxylic acids is 1. The average molecular weight is 440 g/mol. The number of hydrogen-bond donors (Lipinski definition) is 2. The summed E-state index contributed by atoms with van der Waals surface area (Å²) in [5.74, 6) is -0.0219. The Morgan fingerprint density at radius 1 is 1.20 bits per heavy atom. The van der Waals surface area contributed by atoms with E-state index in [2.05, 4.69) is 17.1 Å². The van der Waals surface area contributed by atoms with Gasteiger partial charge in [0.1, 0.15) is 5.75 Å². The van der Waals surface area contributed by atoms with E-state index in [9.17, 15) is 13.2 Å². The van der Waals surface area contributed by atoms with Crippen LogP contribution in [0.2, 0.25) is 0 Å². The zero-order valence-electron chi connectivity index (χ0n) is 18.4. The zero-order chi connectivity index (χ0) is 22.0. The number of benzene rings is 1. The highest BCUT2D eigenvalue weighted by Crippen LogP contribution is 2.23. The van der Waals surface area contributed by atoms with E-state index in [0.717, 1.165) is 25.9 Å². The Morgan fingerprint density at radius 3 is 2.57 bits per heavy atom. The third-order valence-corrected chi connectivity index (χ3v) is 6.70. The Kier molecular flexibility index (Phi) is 10.1. The van der Waals surface area contributed by atoms with E-state index in [4.69, 9.17) is 9.88 Å². The van der Waals surface area contributed by atoms with E-state index in [1.807, 2.05) is 0 Å². The van der Waals surface area contributed by atoms with Gasteiger partial charge in [-0.05, 0) is 50.6 Å². The number of nitrogens with two attached hydrogens (primary N) is 1. The minimum Gasteiger partial charge on any atom is -0.496 e. The Morgan fingerprint density at radius 2 is 1.90 bits per heavy atom. The van der Waals surface area contributed by atoms with Gasteiger partial charge in [-0.25, -0.2) is 13.6 Å². The minimum atomic E-state index is -3.89. The second kappa shape index (κ2) is 12.3. The number of sulfonamides is 1. The van der Waals surface area contributed by atoms with E-state index >= 15 is 0 Å². The molecule has 30 heavy (non-hydrogen) atoms. The molecule has 2 rings (SSSR count). The van der Waals surface area contributed by atoms with Gasteiger partial charge in [0, 0.05) is 12.6 Å². The summed E-state index contributed by atoms with van der Waals surface area (Å²) in [5, 5.41) is 8.15. The number of primary sulfonamides is 1. The quantitative estimate of drug-likeness (QED) is 0.459. The van der Waals surface area contributed by atoms with Gasteiger partial charge in [-0.3, -0.25) is 9.69 Å². The van der Waals surface area contributed by atoms with Crippen molar-refractivity contribution in [3.05, 3.63) is 23.8 Å². The predicted molar refractivity (Wildman–Crippen MR) is 119 cm³/mol. The number of carbonyl (C=O) groups is 1. The van der Waals surface area contributed by atoms with Gasteiger partial charge < -0.3 is 10.1 Å². The van der Waals surface area contributed by atoms with E-state index < -0.39 is 10.0 Å². The van der Waals surface area contributed by atoms with Gasteiger partial charge in [-0.1, -0.05) is 45.4 Å². The molecule has 0 bridgehead atoms. The van der Waals surface area contributed by atoms with Crippen LogP contribution < -0.4 is 15.2 Å². The number of hydrogen-bond acceptors (Lipinski definition) is 5. The fraction of sp³-hybridized carbons (Fsp3) is 0.682. The second-order valence-electron chi connectivity index (χ2n) is 8.07. The summed E-state index contributed by atoms with van der Waals surface area (Å²) in [6.45, 7) is 4.91. The molecule has 0 aliphatic carbocycles. The fourth-order valence-electron chi connectivity index (χ4n) is 4.04. The molecule has 0 radical (unpaired) electrons. The van der Waals surface area contributed by atoms with Crippen molar-refractivity contribution in [3.63, 3.8) is 0 Å². The molecule has 1 saturated heterocycles. The molecule has 1 fully saturated rings. The first-order chi connectivity index (χ1) is 14.4. The van der Waals surface area contributed by atoms with Crippen LogP contribution in [0.1, 0.15) is 75.1 Å². The van der Waals surface area contributed by atoms with Gasteiger partial charge in [-0.2, -0.15) is 0 Å². The lowest BCUT2D eigenvalue weighted by Gasteiger charge is -2.25. The van der Waals surface area contributed by atoms with Crippen LogP contribution in [-0.4, -0.2) is 52.0 Å². The summed E-state index contributed by atoms with van der Waals surface area (Å²) in [7, 11) is -2.44. The summed E-state index contributed by atoms with van der Waals surface area (Å²) in [6, 6.07) is 4.39. The lowest BCUT2D eigenvalue weighted by atomic mass is 10.1. The van der Waals surface area contributed by atoms with E-state index in [0.29, 0.717) is 18.3 Å². The van der Waals surface area contributed by atoms with Crippen molar-refractivity contribution in [2.24, 2.45) is 5.14 Å². The summed E-state index contributed by atoms with van der Waals surface area (Å²) >= 11 is 0. The molecular weight excluding hydrogens is 402 g/mol. The maximum atomic E-state index is 12.7. The Balaban J connectivity index is 1.85. The van der Waals surface area contributed by atoms with Crippen LogP contribution in [0.5, 0.6) is 5.75 Å². The molecule has 1 amide bonds. The highest BCUT2D eigenvalue weighted by atomic mass is 32.2. The molecule has 0 spiro atoms. The number of unbranched alkanes of at least 4 members (excludes halogenated alkanes) is 6. The topological polar surface area (TPSA) is 102 Å². The number of likely N-dealkylation sites (tertiary alicyclic amines) is 1. The lowest BCUT2D eigenvalue weighted by molar-refractivity contribution is 0.0937. The van der Waals surface area contributed by atoms with Crippen LogP contribution in [-0.2, 0) is 10.0 Å². The summed E-state index contributed by atoms with van der Waals surface area (Å²) < 4.78 is 28.4. The van der Waals surface area contributed by atoms with Crippen molar-refractivity contribution in [1.29, 1.82) is 0 Å². The van der Waals surface area contributed by atoms with Crippen molar-refractivity contribution < 1.29 is 17.9 Å². The zero-order valence-corrected chi connectivity index (χ0v) is 19.2. The first-order valence-corrected chi connectivity index (χ1v) is 12.6. The third-order valence-electron chi connectivity index (χ3n) is 5.79. The average Bonchev–Trinajstić information content (AvgIpc) is 3.17. The van der Waals surface area contributed by atoms with Crippen molar-refractivity contribution in [1.82, 2.24) is 10.2 Å². The Labute approximate surface area is 181 Å². The first-order valence-electron chi connectivity index (χ1n) is 11.1. The van der Waals surface area contributed by atoms with Gasteiger partial charge in [0.25, 0.3) is 5.91 Å². The maximum Gasteiger partial charge on any atom is 0.255 e. The third kappa shape index (κ3) is 7.56. The van der Waals surface area contributed by atoms with Gasteiger partial charge in [-0.15, -0.1) is 0 Å². The summed E-state index contributed by atoms with van der Waals surface area (Å²) in [6.07, 6.45) is 11.2. The van der Waals surface area contributed by atoms with Crippen LogP contribution in [0.4, 0.5) is 0 Å². The molecule has 1 aromatic rings. The molecule has 1 heterocycles. The van der Waals surface area contributed by atoms with E-state index in [-0.39, 0.29) is 16.4 Å². The fourth-order valence-corrected chi connectivity index (χ4v) is 4.58. The Bertz CT molecular complexity index is 783. The molecule has 170 valence electrons. The van der Waals surface area contributed by atoms with E-state index in [1.165, 1.54) is 70.3 Å². The summed E-state index contributed by atoms with van der Waals surface area (Å²) in [4.78, 5) is 15.1. The first kappa shape index (κ1) is 24.6. The van der Waals surface area contributed by atoms with E-state index in [1.54, 1.807) is 0 Å². The molecule has 3 N–H and O–H groups in total. The number of ether oxygens (including phenoxy) is 1. The minimum absolute atomic E-state index is 0.102. The Hall–Kier alpha value is -1.64. The molecule has 0 aromatic heterocycles. The molecule has 0 unspecified atom stereocenters. The number of amides is 1. The molecule has 1 atom stereocenters. The van der Waals surface area contributed by atoms with Crippen LogP contribution in [0, 0.1) is 0 Å². The molecule has 1 aliphatic rings. The second-order valence-corrected chi connectivity index (χ2v) is 9.63. The number of nitrogens with zero attached hydrogens (tertiary/aromatic N) is 1. The lowest BCUT2D eigenvalue weighted by Crippen LogP contribution is -2.40. The van der Waals surface area contributed by atoms with Gasteiger partial charge in [0.2, 0.25) is 10.0 Å². The van der Waals surface area contributed by atoms with Crippen molar-refractivity contribution in [2.45, 2.75) is 75.6 Å². The number of rotatable bonds is 13. The van der Waals surface area contributed by atoms with Gasteiger partial charge in [0.15, 0.2) is 0 Å². The molecule has 7 nitrogen and oxygen atoms in total. The van der Waals surface area contributed by atoms with Crippen molar-refractivity contribution in [3.8, 4) is 5.75 Å². The number of nitrogens with one attached hydrogen (secondary N) is 1. The molecule has 1 aromatic carbocycles. The van der Waals surface area contributed by atoms with Crippen molar-refractivity contribution >= 4 is 15.9 Å². The largest absolute Gasteiger partial charge is 0.496 e. The summed E-state index contributed by atoms with van der Waals surface area (Å²) in [5.41, 5.74) is 0.181. The monoisotopic (exact) mass is 439 g/mol. The molecule has 0 saturated carbocycles. The molecular formula is C22H37N3O4S.